The highest BCUT2D eigenvalue weighted by molar-refractivity contribution is 7.99. The van der Waals surface area contributed by atoms with Crippen molar-refractivity contribution in [1.29, 1.82) is 0 Å². The number of hydrogen-bond donors (Lipinski definition) is 1. The highest BCUT2D eigenvalue weighted by Crippen LogP contribution is 2.24. The maximum absolute atomic E-state index is 13.2. The molecular formula is C11H13F2NS. The van der Waals surface area contributed by atoms with Gasteiger partial charge in [-0.25, -0.2) is 8.78 Å². The fraction of sp³-hybridized carbons (Fsp3) is 0.455. The van der Waals surface area contributed by atoms with Crippen molar-refractivity contribution >= 4 is 17.4 Å². The van der Waals surface area contributed by atoms with Gasteiger partial charge in [0, 0.05) is 6.54 Å². The Balaban J connectivity index is 1.94. The predicted molar refractivity (Wildman–Crippen MR) is 60.3 cm³/mol. The minimum atomic E-state index is -0.403. The van der Waals surface area contributed by atoms with Gasteiger partial charge in [-0.15, -0.1) is 0 Å². The molecule has 0 aliphatic carbocycles. The number of hydrogen-bond acceptors (Lipinski definition) is 2. The molecule has 1 aliphatic heterocycles. The number of rotatable bonds is 3. The van der Waals surface area contributed by atoms with Gasteiger partial charge in [0.05, 0.1) is 5.69 Å². The molecule has 2 rings (SSSR count). The molecule has 0 saturated carbocycles. The summed E-state index contributed by atoms with van der Waals surface area (Å²) < 4.78 is 26.0. The van der Waals surface area contributed by atoms with Gasteiger partial charge < -0.3 is 5.32 Å². The van der Waals surface area contributed by atoms with E-state index < -0.39 is 5.82 Å². The first-order chi connectivity index (χ1) is 7.25. The van der Waals surface area contributed by atoms with Crippen LogP contribution in [0.15, 0.2) is 18.2 Å². The molecule has 1 N–H and O–H groups in total. The SMILES string of the molecule is Fc1ccc(F)c(NCC2CCSC2)c1. The maximum Gasteiger partial charge on any atom is 0.146 e. The van der Waals surface area contributed by atoms with Crippen molar-refractivity contribution < 1.29 is 8.78 Å². The van der Waals surface area contributed by atoms with Gasteiger partial charge in [0.15, 0.2) is 0 Å². The molecule has 1 aromatic rings. The highest BCUT2D eigenvalue weighted by atomic mass is 32.2. The van der Waals surface area contributed by atoms with Crippen LogP contribution < -0.4 is 5.32 Å². The normalized spacial score (nSPS) is 20.5. The Morgan fingerprint density at radius 1 is 1.40 bits per heavy atom. The van der Waals surface area contributed by atoms with Gasteiger partial charge in [-0.3, -0.25) is 0 Å². The second-order valence-corrected chi connectivity index (χ2v) is 4.88. The van der Waals surface area contributed by atoms with E-state index in [2.05, 4.69) is 5.32 Å². The van der Waals surface area contributed by atoms with Gasteiger partial charge in [-0.05, 0) is 42.0 Å². The Morgan fingerprint density at radius 3 is 3.00 bits per heavy atom. The standard InChI is InChI=1S/C11H13F2NS/c12-9-1-2-10(13)11(5-9)14-6-8-3-4-15-7-8/h1-2,5,8,14H,3-4,6-7H2. The zero-order chi connectivity index (χ0) is 10.7. The average Bonchev–Trinajstić information content (AvgIpc) is 2.72. The van der Waals surface area contributed by atoms with E-state index in [0.29, 0.717) is 5.92 Å². The maximum atomic E-state index is 13.2. The lowest BCUT2D eigenvalue weighted by Gasteiger charge is -2.11. The molecule has 4 heteroatoms. The first-order valence-corrected chi connectivity index (χ1v) is 6.18. The van der Waals surface area contributed by atoms with E-state index >= 15 is 0 Å². The summed E-state index contributed by atoms with van der Waals surface area (Å²) in [4.78, 5) is 0. The predicted octanol–water partition coefficient (Wildman–Crippen LogP) is 3.13. The summed E-state index contributed by atoms with van der Waals surface area (Å²) in [6.07, 6.45) is 1.16. The van der Waals surface area contributed by atoms with Crippen molar-refractivity contribution in [1.82, 2.24) is 0 Å². The Bertz CT molecular complexity index is 337. The van der Waals surface area contributed by atoms with Crippen LogP contribution in [0, 0.1) is 17.6 Å². The summed E-state index contributed by atoms with van der Waals surface area (Å²) >= 11 is 1.92. The number of thioether (sulfide) groups is 1. The van der Waals surface area contributed by atoms with Crippen LogP contribution in [0.3, 0.4) is 0 Å². The monoisotopic (exact) mass is 229 g/mol. The summed E-state index contributed by atoms with van der Waals surface area (Å²) in [6.45, 7) is 0.730. The van der Waals surface area contributed by atoms with Gasteiger partial charge in [-0.2, -0.15) is 11.8 Å². The van der Waals surface area contributed by atoms with Crippen molar-refractivity contribution in [2.75, 3.05) is 23.4 Å². The zero-order valence-electron chi connectivity index (χ0n) is 8.30. The van der Waals surface area contributed by atoms with E-state index in [-0.39, 0.29) is 11.5 Å². The number of halogens is 2. The lowest BCUT2D eigenvalue weighted by molar-refractivity contribution is 0.594. The third-order valence-corrected chi connectivity index (χ3v) is 3.77. The molecule has 82 valence electrons. The summed E-state index contributed by atoms with van der Waals surface area (Å²) in [5.41, 5.74) is 0.270. The first kappa shape index (κ1) is 10.7. The van der Waals surface area contributed by atoms with Gasteiger partial charge in [0.2, 0.25) is 0 Å². The third-order valence-electron chi connectivity index (χ3n) is 2.53. The van der Waals surface area contributed by atoms with Crippen LogP contribution in [0.2, 0.25) is 0 Å². The van der Waals surface area contributed by atoms with Crippen LogP contribution >= 0.6 is 11.8 Å². The van der Waals surface area contributed by atoms with Crippen molar-refractivity contribution in [3.05, 3.63) is 29.8 Å². The fourth-order valence-corrected chi connectivity index (χ4v) is 2.92. The minimum absolute atomic E-state index is 0.270. The molecule has 1 aromatic carbocycles. The van der Waals surface area contributed by atoms with Crippen LogP contribution in [0.1, 0.15) is 6.42 Å². The molecule has 1 atom stereocenters. The van der Waals surface area contributed by atoms with Gasteiger partial charge in [0.1, 0.15) is 11.6 Å². The molecule has 1 saturated heterocycles. The van der Waals surface area contributed by atoms with Crippen LogP contribution in [0.4, 0.5) is 14.5 Å². The number of benzene rings is 1. The highest BCUT2D eigenvalue weighted by Gasteiger charge is 2.15. The Kier molecular flexibility index (Phi) is 3.46. The van der Waals surface area contributed by atoms with Crippen LogP contribution in [-0.4, -0.2) is 18.1 Å². The second-order valence-electron chi connectivity index (χ2n) is 3.73. The zero-order valence-corrected chi connectivity index (χ0v) is 9.12. The molecule has 1 fully saturated rings. The Labute approximate surface area is 92.3 Å². The second kappa shape index (κ2) is 4.84. The van der Waals surface area contributed by atoms with Gasteiger partial charge >= 0.3 is 0 Å². The van der Waals surface area contributed by atoms with Crippen molar-refractivity contribution in [3.8, 4) is 0 Å². The van der Waals surface area contributed by atoms with Crippen LogP contribution in [0.5, 0.6) is 0 Å². The van der Waals surface area contributed by atoms with E-state index in [1.165, 1.54) is 11.8 Å². The van der Waals surface area contributed by atoms with E-state index in [1.54, 1.807) is 0 Å². The largest absolute Gasteiger partial charge is 0.382 e. The average molecular weight is 229 g/mol. The molecule has 1 nitrogen and oxygen atoms in total. The summed E-state index contributed by atoms with van der Waals surface area (Å²) in [6, 6.07) is 3.49. The lowest BCUT2D eigenvalue weighted by Crippen LogP contribution is -2.14. The van der Waals surface area contributed by atoms with E-state index in [4.69, 9.17) is 0 Å². The molecule has 0 aromatic heterocycles. The Morgan fingerprint density at radius 2 is 2.27 bits per heavy atom. The molecule has 1 heterocycles. The summed E-state index contributed by atoms with van der Waals surface area (Å²) in [7, 11) is 0. The molecule has 15 heavy (non-hydrogen) atoms. The first-order valence-electron chi connectivity index (χ1n) is 5.02. The Hall–Kier alpha value is -0.770. The van der Waals surface area contributed by atoms with Crippen molar-refractivity contribution in [2.45, 2.75) is 6.42 Å². The molecular weight excluding hydrogens is 216 g/mol. The summed E-state index contributed by atoms with van der Waals surface area (Å²) in [5, 5.41) is 2.97. The minimum Gasteiger partial charge on any atom is -0.382 e. The molecule has 1 unspecified atom stereocenters. The van der Waals surface area contributed by atoms with Crippen LogP contribution in [0.25, 0.3) is 0 Å². The smallest absolute Gasteiger partial charge is 0.146 e. The van der Waals surface area contributed by atoms with Crippen molar-refractivity contribution in [2.24, 2.45) is 5.92 Å². The lowest BCUT2D eigenvalue weighted by atomic mass is 10.1. The molecule has 0 amide bonds. The van der Waals surface area contributed by atoms with E-state index in [1.807, 2.05) is 11.8 Å². The molecule has 1 aliphatic rings. The summed E-state index contributed by atoms with van der Waals surface area (Å²) in [5.74, 6) is 2.08. The van der Waals surface area contributed by atoms with Gasteiger partial charge in [0.25, 0.3) is 0 Å². The molecule has 0 bridgehead atoms. The molecule has 0 radical (unpaired) electrons. The molecule has 0 spiro atoms. The quantitative estimate of drug-likeness (QED) is 0.854. The van der Waals surface area contributed by atoms with Crippen LogP contribution in [-0.2, 0) is 0 Å². The number of nitrogens with one attached hydrogen (secondary N) is 1. The van der Waals surface area contributed by atoms with E-state index in [0.717, 1.165) is 30.9 Å². The third kappa shape index (κ3) is 2.84. The fourth-order valence-electron chi connectivity index (χ4n) is 1.63. The van der Waals surface area contributed by atoms with E-state index in [9.17, 15) is 8.78 Å². The van der Waals surface area contributed by atoms with Gasteiger partial charge in [-0.1, -0.05) is 0 Å². The number of anilines is 1. The van der Waals surface area contributed by atoms with Crippen molar-refractivity contribution in [3.63, 3.8) is 0 Å². The topological polar surface area (TPSA) is 12.0 Å².